The summed E-state index contributed by atoms with van der Waals surface area (Å²) in [5.74, 6) is -1.27. The molecule has 1 heterocycles. The lowest BCUT2D eigenvalue weighted by atomic mass is 10.2. The molecular formula is C22H30N4O6S. The largest absolute Gasteiger partial charge is 0.455 e. The predicted molar refractivity (Wildman–Crippen MR) is 128 cm³/mol. The summed E-state index contributed by atoms with van der Waals surface area (Å²) in [7, 11) is 1.44. The van der Waals surface area contributed by atoms with E-state index in [2.05, 4.69) is 4.98 Å². The molecule has 0 saturated carbocycles. The smallest absolute Gasteiger partial charge is 0.330 e. The van der Waals surface area contributed by atoms with E-state index >= 15 is 0 Å². The van der Waals surface area contributed by atoms with Crippen molar-refractivity contribution in [3.05, 3.63) is 50.7 Å². The number of nitrogens with two attached hydrogens (primary N) is 1. The molecule has 0 spiro atoms. The minimum Gasteiger partial charge on any atom is -0.455 e. The van der Waals surface area contributed by atoms with Crippen molar-refractivity contribution in [1.29, 1.82) is 0 Å². The fraction of sp³-hybridized carbons (Fsp3) is 0.455. The van der Waals surface area contributed by atoms with Crippen LogP contribution in [0.15, 0.2) is 38.8 Å². The van der Waals surface area contributed by atoms with Crippen LogP contribution in [0.25, 0.3) is 0 Å². The summed E-state index contributed by atoms with van der Waals surface area (Å²) >= 11 is 1.31. The number of methoxy groups -OCH3 is 1. The van der Waals surface area contributed by atoms with Crippen LogP contribution in [0.3, 0.4) is 0 Å². The van der Waals surface area contributed by atoms with Crippen molar-refractivity contribution >= 4 is 35.1 Å². The average Bonchev–Trinajstić information content (AvgIpc) is 2.76. The number of thioether (sulfide) groups is 1. The Labute approximate surface area is 196 Å². The molecule has 1 amide bonds. The van der Waals surface area contributed by atoms with Crippen LogP contribution < -0.4 is 21.9 Å². The lowest BCUT2D eigenvalue weighted by Crippen LogP contribution is -2.44. The lowest BCUT2D eigenvalue weighted by molar-refractivity contribution is -0.145. The first-order valence-corrected chi connectivity index (χ1v) is 11.4. The van der Waals surface area contributed by atoms with Crippen LogP contribution in [0.2, 0.25) is 0 Å². The summed E-state index contributed by atoms with van der Waals surface area (Å²) in [6, 6.07) is 7.61. The van der Waals surface area contributed by atoms with Crippen molar-refractivity contribution in [2.75, 3.05) is 43.3 Å². The fourth-order valence-corrected chi connectivity index (χ4v) is 3.87. The molecular weight excluding hydrogens is 448 g/mol. The molecule has 0 saturated heterocycles. The second-order valence-corrected chi connectivity index (χ2v) is 8.77. The lowest BCUT2D eigenvalue weighted by Gasteiger charge is -2.24. The Bertz CT molecular complexity index is 1100. The molecule has 0 atom stereocenters. The number of aromatic nitrogens is 2. The zero-order valence-electron chi connectivity index (χ0n) is 19.3. The first kappa shape index (κ1) is 26.2. The van der Waals surface area contributed by atoms with Crippen molar-refractivity contribution in [2.24, 2.45) is 5.92 Å². The number of nitrogens with one attached hydrogen (secondary N) is 1. The maximum Gasteiger partial charge on any atom is 0.330 e. The molecule has 33 heavy (non-hydrogen) atoms. The van der Waals surface area contributed by atoms with Crippen LogP contribution in [-0.2, 0) is 25.6 Å². The molecule has 0 radical (unpaired) electrons. The van der Waals surface area contributed by atoms with Crippen LogP contribution in [0.1, 0.15) is 19.4 Å². The number of carbonyl (C=O) groups is 2. The third-order valence-corrected chi connectivity index (χ3v) is 5.80. The van der Waals surface area contributed by atoms with E-state index in [1.165, 1.54) is 23.4 Å². The third-order valence-electron chi connectivity index (χ3n) is 4.65. The number of carbonyl (C=O) groups excluding carboxylic acids is 2. The molecule has 0 aliphatic carbocycles. The van der Waals surface area contributed by atoms with Gasteiger partial charge in [-0.05, 0) is 24.5 Å². The van der Waals surface area contributed by atoms with Crippen molar-refractivity contribution in [3.8, 4) is 0 Å². The van der Waals surface area contributed by atoms with Crippen LogP contribution in [0, 0.1) is 12.8 Å². The number of esters is 1. The molecule has 3 N–H and O–H groups in total. The highest BCUT2D eigenvalue weighted by Gasteiger charge is 2.25. The number of amides is 1. The van der Waals surface area contributed by atoms with Gasteiger partial charge in [0.05, 0.1) is 12.4 Å². The molecule has 0 unspecified atom stereocenters. The van der Waals surface area contributed by atoms with E-state index in [-0.39, 0.29) is 42.9 Å². The Morgan fingerprint density at radius 3 is 2.58 bits per heavy atom. The maximum absolute atomic E-state index is 12.9. The second kappa shape index (κ2) is 12.3. The Hall–Kier alpha value is -3.05. The van der Waals surface area contributed by atoms with E-state index in [0.29, 0.717) is 0 Å². The second-order valence-electron chi connectivity index (χ2n) is 7.75. The SMILES string of the molecule is COCCN(C(=O)COC(=O)CSc1ccccc1C)c1c(N)n(CC(C)C)c(=O)[nH]c1=O. The topological polar surface area (TPSA) is 137 Å². The van der Waals surface area contributed by atoms with Crippen LogP contribution in [-0.4, -0.2) is 54.0 Å². The van der Waals surface area contributed by atoms with Gasteiger partial charge in [0, 0.05) is 25.1 Å². The third kappa shape index (κ3) is 7.22. The summed E-state index contributed by atoms with van der Waals surface area (Å²) in [5, 5.41) is 0. The first-order valence-electron chi connectivity index (χ1n) is 10.4. The average molecular weight is 479 g/mol. The van der Waals surface area contributed by atoms with Gasteiger partial charge in [0.25, 0.3) is 11.5 Å². The number of H-pyrrole nitrogens is 1. The van der Waals surface area contributed by atoms with Gasteiger partial charge in [-0.1, -0.05) is 32.0 Å². The number of hydrogen-bond acceptors (Lipinski definition) is 8. The summed E-state index contributed by atoms with van der Waals surface area (Å²) in [5.41, 5.74) is 5.51. The minimum atomic E-state index is -0.802. The molecule has 2 rings (SSSR count). The van der Waals surface area contributed by atoms with Crippen LogP contribution >= 0.6 is 11.8 Å². The molecule has 0 bridgehead atoms. The molecule has 0 aliphatic heterocycles. The number of benzene rings is 1. The number of anilines is 2. The Morgan fingerprint density at radius 2 is 1.94 bits per heavy atom. The van der Waals surface area contributed by atoms with Gasteiger partial charge in [-0.3, -0.25) is 28.8 Å². The normalized spacial score (nSPS) is 10.9. The number of hydrogen-bond donors (Lipinski definition) is 2. The van der Waals surface area contributed by atoms with Gasteiger partial charge in [-0.25, -0.2) is 4.79 Å². The number of nitrogen functional groups attached to an aromatic ring is 1. The van der Waals surface area contributed by atoms with Gasteiger partial charge < -0.3 is 15.2 Å². The van der Waals surface area contributed by atoms with Crippen molar-refractivity contribution in [3.63, 3.8) is 0 Å². The standard InChI is InChI=1S/C22H30N4O6S/c1-14(2)11-26-20(23)19(21(29)24-22(26)30)25(9-10-31-4)17(27)12-32-18(28)13-33-16-8-6-5-7-15(16)3/h5-8,14H,9-13,23H2,1-4H3,(H,24,29,30). The highest BCUT2D eigenvalue weighted by Crippen LogP contribution is 2.22. The van der Waals surface area contributed by atoms with E-state index in [4.69, 9.17) is 15.2 Å². The molecule has 10 nitrogen and oxygen atoms in total. The van der Waals surface area contributed by atoms with Crippen LogP contribution in [0.4, 0.5) is 11.5 Å². The van der Waals surface area contributed by atoms with Gasteiger partial charge in [-0.2, -0.15) is 0 Å². The van der Waals surface area contributed by atoms with Gasteiger partial charge in [0.2, 0.25) is 0 Å². The van der Waals surface area contributed by atoms with Gasteiger partial charge in [0.1, 0.15) is 5.82 Å². The Kier molecular flexibility index (Phi) is 9.74. The molecule has 0 fully saturated rings. The van der Waals surface area contributed by atoms with E-state index in [1.54, 1.807) is 0 Å². The van der Waals surface area contributed by atoms with Crippen molar-refractivity contribution < 1.29 is 19.1 Å². The number of aryl methyl sites for hydroxylation is 1. The molecule has 180 valence electrons. The van der Waals surface area contributed by atoms with Gasteiger partial charge in [0.15, 0.2) is 12.3 Å². The maximum atomic E-state index is 12.9. The van der Waals surface area contributed by atoms with Gasteiger partial charge in [-0.15, -0.1) is 11.8 Å². The Morgan fingerprint density at radius 1 is 1.24 bits per heavy atom. The highest BCUT2D eigenvalue weighted by molar-refractivity contribution is 8.00. The molecule has 1 aromatic heterocycles. The Balaban J connectivity index is 2.17. The number of ether oxygens (including phenoxy) is 2. The molecule has 0 aliphatic rings. The summed E-state index contributed by atoms with van der Waals surface area (Å²) in [6.45, 7) is 5.47. The highest BCUT2D eigenvalue weighted by atomic mass is 32.2. The summed E-state index contributed by atoms with van der Waals surface area (Å²) < 4.78 is 11.4. The van der Waals surface area contributed by atoms with E-state index in [1.807, 2.05) is 45.0 Å². The van der Waals surface area contributed by atoms with Crippen molar-refractivity contribution in [2.45, 2.75) is 32.2 Å². The molecule has 1 aromatic carbocycles. The zero-order valence-corrected chi connectivity index (χ0v) is 20.1. The van der Waals surface area contributed by atoms with E-state index < -0.39 is 29.7 Å². The van der Waals surface area contributed by atoms with Crippen molar-refractivity contribution in [1.82, 2.24) is 9.55 Å². The summed E-state index contributed by atoms with van der Waals surface area (Å²) in [4.78, 5) is 54.0. The minimum absolute atomic E-state index is 0.0159. The predicted octanol–water partition coefficient (Wildman–Crippen LogP) is 1.40. The monoisotopic (exact) mass is 478 g/mol. The number of rotatable bonds is 11. The first-order chi connectivity index (χ1) is 15.6. The molecule has 11 heteroatoms. The number of nitrogens with zero attached hydrogens (tertiary/aromatic N) is 2. The van der Waals surface area contributed by atoms with E-state index in [0.717, 1.165) is 15.4 Å². The van der Waals surface area contributed by atoms with Crippen LogP contribution in [0.5, 0.6) is 0 Å². The summed E-state index contributed by atoms with van der Waals surface area (Å²) in [6.07, 6.45) is 0. The quantitative estimate of drug-likeness (QED) is 0.365. The van der Waals surface area contributed by atoms with Gasteiger partial charge >= 0.3 is 11.7 Å². The zero-order chi connectivity index (χ0) is 24.5. The number of aromatic amines is 1. The fourth-order valence-electron chi connectivity index (χ4n) is 3.05. The van der Waals surface area contributed by atoms with E-state index in [9.17, 15) is 19.2 Å². The molecule has 2 aromatic rings.